The lowest BCUT2D eigenvalue weighted by atomic mass is 9.79. The molecule has 0 aliphatic carbocycles. The van der Waals surface area contributed by atoms with Crippen LogP contribution in [0.1, 0.15) is 24.8 Å². The number of rotatable bonds is 8. The van der Waals surface area contributed by atoms with Crippen molar-refractivity contribution in [2.24, 2.45) is 5.41 Å². The van der Waals surface area contributed by atoms with E-state index in [1.807, 2.05) is 26.1 Å². The molecule has 14 heteroatoms. The first-order chi connectivity index (χ1) is 22.4. The zero-order valence-electron chi connectivity index (χ0n) is 26.2. The third-order valence-corrected chi connectivity index (χ3v) is 9.97. The van der Waals surface area contributed by atoms with Gasteiger partial charge in [0.05, 0.1) is 16.7 Å². The first kappa shape index (κ1) is 31.5. The van der Waals surface area contributed by atoms with Crippen molar-refractivity contribution in [1.29, 1.82) is 0 Å². The van der Waals surface area contributed by atoms with Crippen molar-refractivity contribution in [3.8, 4) is 22.9 Å². The van der Waals surface area contributed by atoms with Crippen LogP contribution in [0.25, 0.3) is 32.9 Å². The van der Waals surface area contributed by atoms with Crippen molar-refractivity contribution in [3.05, 3.63) is 47.6 Å². The van der Waals surface area contributed by atoms with Gasteiger partial charge in [0, 0.05) is 59.5 Å². The van der Waals surface area contributed by atoms with Crippen molar-refractivity contribution in [1.82, 2.24) is 30.0 Å². The molecule has 3 aliphatic heterocycles. The summed E-state index contributed by atoms with van der Waals surface area (Å²) in [7, 11) is 2.03. The first-order valence-corrected chi connectivity index (χ1v) is 16.0. The molecule has 7 rings (SSSR count). The molecule has 3 saturated heterocycles. The van der Waals surface area contributed by atoms with Gasteiger partial charge in [-0.3, -0.25) is 9.89 Å². The summed E-state index contributed by atoms with van der Waals surface area (Å²) in [5.41, 5.74) is 2.40. The van der Waals surface area contributed by atoms with Gasteiger partial charge in [-0.15, -0.1) is 0 Å². The lowest BCUT2D eigenvalue weighted by Gasteiger charge is -2.47. The molecule has 1 spiro atoms. The maximum absolute atomic E-state index is 13.8. The zero-order chi connectivity index (χ0) is 33.1. The maximum Gasteiger partial charge on any atom is 0.422 e. The molecular formula is C33H35ClF3N7O3. The second-order valence-electron chi connectivity index (χ2n) is 12.9. The molecule has 0 saturated carbocycles. The van der Waals surface area contributed by atoms with Crippen molar-refractivity contribution in [2.45, 2.75) is 38.4 Å². The molecule has 1 N–H and O–H groups in total. The molecule has 4 aromatic rings. The minimum Gasteiger partial charge on any atom is -0.481 e. The number of amides is 1. The van der Waals surface area contributed by atoms with E-state index in [2.05, 4.69) is 26.6 Å². The average Bonchev–Trinajstić information content (AvgIpc) is 3.77. The van der Waals surface area contributed by atoms with Crippen LogP contribution >= 0.6 is 11.6 Å². The molecule has 47 heavy (non-hydrogen) atoms. The van der Waals surface area contributed by atoms with Gasteiger partial charge in [0.15, 0.2) is 12.4 Å². The van der Waals surface area contributed by atoms with E-state index in [1.54, 1.807) is 17.2 Å². The Balaban J connectivity index is 1.38. The van der Waals surface area contributed by atoms with Gasteiger partial charge in [-0.25, -0.2) is 0 Å². The lowest BCUT2D eigenvalue weighted by Crippen LogP contribution is -2.59. The van der Waals surface area contributed by atoms with Crippen LogP contribution in [0.15, 0.2) is 37.1 Å². The third kappa shape index (κ3) is 5.84. The third-order valence-electron chi connectivity index (χ3n) is 9.67. The molecule has 5 heterocycles. The average molecular weight is 670 g/mol. The number of benzene rings is 2. The van der Waals surface area contributed by atoms with Crippen LogP contribution in [0.2, 0.25) is 5.02 Å². The van der Waals surface area contributed by atoms with Gasteiger partial charge in [0.2, 0.25) is 5.91 Å². The summed E-state index contributed by atoms with van der Waals surface area (Å²) in [4.78, 5) is 27.8. The van der Waals surface area contributed by atoms with Crippen molar-refractivity contribution in [2.75, 3.05) is 57.9 Å². The highest BCUT2D eigenvalue weighted by Gasteiger charge is 2.49. The van der Waals surface area contributed by atoms with E-state index >= 15 is 0 Å². The number of halogens is 4. The number of likely N-dealkylation sites (N-methyl/N-ethyl adjacent to an activating group) is 1. The number of aromatic nitrogens is 4. The second kappa shape index (κ2) is 11.9. The molecule has 3 aliphatic rings. The number of nitrogens with zero attached hydrogens (tertiary/aromatic N) is 6. The molecule has 2 aromatic heterocycles. The number of aryl methyl sites for hydroxylation is 1. The van der Waals surface area contributed by atoms with E-state index in [4.69, 9.17) is 31.0 Å². The standard InChI is InChI=1S/C33H35ClF3N7O3/c1-4-25(45)44-16-32(17-44)9-11-43(15-32)30-21-12-23(34)27(26-19(2)7-8-24-22(26)13-38-41-24)29(47-18-33(35,36)37)28(21)39-31(40-30)46-14-20-6-5-10-42(20)3/h4,7-8,12-13,20H,1,5-6,9-11,14-18H2,2-3H3,(H,38,41)/t20-/m0/s1. The maximum atomic E-state index is 13.8. The van der Waals surface area contributed by atoms with Gasteiger partial charge in [-0.05, 0) is 63.6 Å². The molecular weight excluding hydrogens is 635 g/mol. The summed E-state index contributed by atoms with van der Waals surface area (Å²) in [5, 5.41) is 8.41. The number of hydrogen-bond donors (Lipinski definition) is 1. The van der Waals surface area contributed by atoms with Crippen molar-refractivity contribution < 1.29 is 27.4 Å². The molecule has 1 atom stereocenters. The summed E-state index contributed by atoms with van der Waals surface area (Å²) < 4.78 is 53.1. The molecule has 3 fully saturated rings. The molecule has 10 nitrogen and oxygen atoms in total. The van der Waals surface area contributed by atoms with Crippen LogP contribution in [-0.4, -0.2) is 101 Å². The fraction of sp³-hybridized carbons (Fsp3) is 0.455. The Labute approximate surface area is 274 Å². The van der Waals surface area contributed by atoms with E-state index in [0.29, 0.717) is 60.5 Å². The fourth-order valence-electron chi connectivity index (χ4n) is 7.24. The van der Waals surface area contributed by atoms with E-state index in [0.717, 1.165) is 31.4 Å². The number of anilines is 1. The lowest BCUT2D eigenvalue weighted by molar-refractivity contribution is -0.153. The summed E-state index contributed by atoms with van der Waals surface area (Å²) in [5.74, 6) is 0.287. The fourth-order valence-corrected chi connectivity index (χ4v) is 7.53. The Kier molecular flexibility index (Phi) is 7.94. The SMILES string of the molecule is C=CC(=O)N1CC2(CCN(c3nc(OC[C@@H]4CCCN4C)nc4c(OCC(F)(F)F)c(-c5c(C)ccc6[nH]ncc56)c(Cl)cc34)C2)C1. The molecule has 0 radical (unpaired) electrons. The topological polar surface area (TPSA) is 99.7 Å². The largest absolute Gasteiger partial charge is 0.481 e. The molecule has 248 valence electrons. The molecule has 0 bridgehead atoms. The van der Waals surface area contributed by atoms with E-state index in [-0.39, 0.29) is 45.2 Å². The number of alkyl halides is 3. The zero-order valence-corrected chi connectivity index (χ0v) is 26.9. The van der Waals surface area contributed by atoms with Gasteiger partial charge in [-0.2, -0.15) is 28.2 Å². The van der Waals surface area contributed by atoms with Crippen molar-refractivity contribution in [3.63, 3.8) is 0 Å². The Hall–Kier alpha value is -4.10. The van der Waals surface area contributed by atoms with Gasteiger partial charge < -0.3 is 24.2 Å². The monoisotopic (exact) mass is 669 g/mol. The normalized spacial score (nSPS) is 19.6. The number of fused-ring (bicyclic) bond motifs is 2. The highest BCUT2D eigenvalue weighted by Crippen LogP contribution is 2.49. The molecule has 0 unspecified atom stereocenters. The Morgan fingerprint density at radius 3 is 2.70 bits per heavy atom. The van der Waals surface area contributed by atoms with Gasteiger partial charge in [0.1, 0.15) is 17.9 Å². The Morgan fingerprint density at radius 2 is 1.98 bits per heavy atom. The second-order valence-corrected chi connectivity index (χ2v) is 13.3. The number of ether oxygens (including phenoxy) is 2. The summed E-state index contributed by atoms with van der Waals surface area (Å²) in [6.45, 7) is 7.59. The number of H-pyrrole nitrogens is 1. The summed E-state index contributed by atoms with van der Waals surface area (Å²) in [6, 6.07) is 5.62. The van der Waals surface area contributed by atoms with Gasteiger partial charge in [-0.1, -0.05) is 24.2 Å². The molecule has 2 aromatic carbocycles. The molecule has 1 amide bonds. The van der Waals surface area contributed by atoms with E-state index < -0.39 is 12.8 Å². The van der Waals surface area contributed by atoms with Crippen LogP contribution in [0.3, 0.4) is 0 Å². The van der Waals surface area contributed by atoms with Crippen LogP contribution in [-0.2, 0) is 4.79 Å². The Bertz CT molecular complexity index is 1870. The van der Waals surface area contributed by atoms with Crippen LogP contribution in [0.4, 0.5) is 19.0 Å². The van der Waals surface area contributed by atoms with Crippen LogP contribution < -0.4 is 14.4 Å². The van der Waals surface area contributed by atoms with E-state index in [1.165, 1.54) is 6.08 Å². The minimum absolute atomic E-state index is 0.0502. The smallest absolute Gasteiger partial charge is 0.422 e. The van der Waals surface area contributed by atoms with Crippen LogP contribution in [0.5, 0.6) is 11.8 Å². The summed E-state index contributed by atoms with van der Waals surface area (Å²) in [6.07, 6.45) is 1.13. The first-order valence-electron chi connectivity index (χ1n) is 15.6. The highest BCUT2D eigenvalue weighted by atomic mass is 35.5. The Morgan fingerprint density at radius 1 is 1.17 bits per heavy atom. The van der Waals surface area contributed by atoms with E-state index in [9.17, 15) is 18.0 Å². The number of hydrogen-bond acceptors (Lipinski definition) is 8. The van der Waals surface area contributed by atoms with Crippen LogP contribution in [0, 0.1) is 12.3 Å². The predicted octanol–water partition coefficient (Wildman–Crippen LogP) is 5.77. The number of carbonyl (C=O) groups excluding carboxylic acids is 1. The van der Waals surface area contributed by atoms with Gasteiger partial charge in [0.25, 0.3) is 0 Å². The highest BCUT2D eigenvalue weighted by molar-refractivity contribution is 6.35. The van der Waals surface area contributed by atoms with Crippen molar-refractivity contribution >= 4 is 45.1 Å². The number of likely N-dealkylation sites (tertiary alicyclic amines) is 2. The number of nitrogens with one attached hydrogen (secondary N) is 1. The van der Waals surface area contributed by atoms with Gasteiger partial charge >= 0.3 is 12.2 Å². The number of aromatic amines is 1. The number of carbonyl (C=O) groups is 1. The predicted molar refractivity (Wildman–Crippen MR) is 173 cm³/mol. The quantitative estimate of drug-likeness (QED) is 0.236. The minimum atomic E-state index is -4.62. The summed E-state index contributed by atoms with van der Waals surface area (Å²) >= 11 is 7.02.